The Kier molecular flexibility index (Phi) is 6.00. The molecule has 0 aliphatic carbocycles. The maximum Gasteiger partial charge on any atom is 0.171 e. The first kappa shape index (κ1) is 21.8. The maximum atomic E-state index is 6.54. The van der Waals surface area contributed by atoms with Crippen molar-refractivity contribution in [3.8, 4) is 0 Å². The average molecular weight is 390 g/mol. The molecule has 0 N–H and O–H groups in total. The molecule has 1 aromatic carbocycles. The molecule has 28 heavy (non-hydrogen) atoms. The predicted octanol–water partition coefficient (Wildman–Crippen LogP) is 5.88. The Hall–Kier alpha value is -0.940. The van der Waals surface area contributed by atoms with Gasteiger partial charge in [0.2, 0.25) is 0 Å². The van der Waals surface area contributed by atoms with Crippen LogP contribution in [-0.4, -0.2) is 35.1 Å². The number of hydrogen-bond acceptors (Lipinski definition) is 4. The molecule has 2 fully saturated rings. The van der Waals surface area contributed by atoms with Crippen LogP contribution >= 0.6 is 0 Å². The molecule has 0 radical (unpaired) electrons. The van der Waals surface area contributed by atoms with Crippen LogP contribution in [0.15, 0.2) is 30.3 Å². The fourth-order valence-corrected chi connectivity index (χ4v) is 5.22. The summed E-state index contributed by atoms with van der Waals surface area (Å²) in [6.45, 7) is 17.1. The molecule has 0 bridgehead atoms. The van der Waals surface area contributed by atoms with Gasteiger partial charge in [-0.2, -0.15) is 5.06 Å². The normalized spacial score (nSPS) is 26.8. The quantitative estimate of drug-likeness (QED) is 0.629. The van der Waals surface area contributed by atoms with E-state index in [2.05, 4.69) is 77.8 Å². The summed E-state index contributed by atoms with van der Waals surface area (Å²) in [4.78, 5) is 6.54. The highest BCUT2D eigenvalue weighted by Gasteiger charge is 2.57. The SMILES string of the molecule is CCCC1(C)COC2(CC(C)(C)N(OC(C)c3ccccc3)C(C)(C)C2)OC1. The van der Waals surface area contributed by atoms with Crippen LogP contribution in [0.25, 0.3) is 0 Å². The van der Waals surface area contributed by atoms with E-state index >= 15 is 0 Å². The van der Waals surface area contributed by atoms with Crippen molar-refractivity contribution in [1.82, 2.24) is 5.06 Å². The molecule has 2 saturated heterocycles. The molecule has 4 nitrogen and oxygen atoms in total. The number of nitrogens with zero attached hydrogens (tertiary/aromatic N) is 1. The van der Waals surface area contributed by atoms with Gasteiger partial charge in [0.25, 0.3) is 0 Å². The van der Waals surface area contributed by atoms with Crippen molar-refractivity contribution in [2.75, 3.05) is 13.2 Å². The highest BCUT2D eigenvalue weighted by Crippen LogP contribution is 2.50. The van der Waals surface area contributed by atoms with Gasteiger partial charge in [-0.15, -0.1) is 0 Å². The van der Waals surface area contributed by atoms with Crippen LogP contribution in [0.4, 0.5) is 0 Å². The first-order valence-electron chi connectivity index (χ1n) is 10.8. The van der Waals surface area contributed by atoms with E-state index in [1.165, 1.54) is 5.56 Å². The Balaban J connectivity index is 1.75. The molecule has 1 atom stereocenters. The first-order chi connectivity index (χ1) is 13.0. The topological polar surface area (TPSA) is 30.9 Å². The number of hydrogen-bond donors (Lipinski definition) is 0. The summed E-state index contributed by atoms with van der Waals surface area (Å²) in [6.07, 6.45) is 3.89. The van der Waals surface area contributed by atoms with Gasteiger partial charge in [-0.1, -0.05) is 50.6 Å². The standard InChI is InChI=1S/C24H39NO3/c1-8-14-23(7)17-26-24(27-18-23)15-21(3,4)25(22(5,6)16-24)28-19(2)20-12-10-9-11-13-20/h9-13,19H,8,14-18H2,1-7H3. The van der Waals surface area contributed by atoms with E-state index in [1.807, 2.05) is 6.07 Å². The van der Waals surface area contributed by atoms with E-state index in [0.717, 1.165) is 38.9 Å². The van der Waals surface area contributed by atoms with Crippen LogP contribution in [-0.2, 0) is 14.3 Å². The minimum absolute atomic E-state index is 0.00478. The lowest BCUT2D eigenvalue weighted by atomic mass is 9.76. The third kappa shape index (κ3) is 4.46. The lowest BCUT2D eigenvalue weighted by molar-refractivity contribution is -0.389. The van der Waals surface area contributed by atoms with Gasteiger partial charge in [0.15, 0.2) is 5.79 Å². The van der Waals surface area contributed by atoms with Crippen LogP contribution in [0.3, 0.4) is 0 Å². The van der Waals surface area contributed by atoms with Crippen molar-refractivity contribution >= 4 is 0 Å². The second-order valence-corrected chi connectivity index (χ2v) is 10.5. The van der Waals surface area contributed by atoms with Gasteiger partial charge in [0, 0.05) is 29.3 Å². The van der Waals surface area contributed by atoms with Crippen LogP contribution in [0.5, 0.6) is 0 Å². The molecule has 0 saturated carbocycles. The fraction of sp³-hybridized carbons (Fsp3) is 0.750. The third-order valence-corrected chi connectivity index (χ3v) is 6.26. The molecule has 1 unspecified atom stereocenters. The Morgan fingerprint density at radius 1 is 0.964 bits per heavy atom. The highest BCUT2D eigenvalue weighted by molar-refractivity contribution is 5.17. The number of benzene rings is 1. The molecule has 2 aliphatic rings. The molecular weight excluding hydrogens is 350 g/mol. The van der Waals surface area contributed by atoms with Crippen molar-refractivity contribution < 1.29 is 14.3 Å². The van der Waals surface area contributed by atoms with E-state index in [0.29, 0.717) is 0 Å². The van der Waals surface area contributed by atoms with E-state index in [-0.39, 0.29) is 22.6 Å². The third-order valence-electron chi connectivity index (χ3n) is 6.26. The smallest absolute Gasteiger partial charge is 0.171 e. The molecule has 1 spiro atoms. The van der Waals surface area contributed by atoms with Crippen molar-refractivity contribution in [2.45, 2.75) is 97.1 Å². The van der Waals surface area contributed by atoms with Gasteiger partial charge in [-0.25, -0.2) is 0 Å². The van der Waals surface area contributed by atoms with E-state index in [4.69, 9.17) is 14.3 Å². The predicted molar refractivity (Wildman–Crippen MR) is 113 cm³/mol. The molecule has 0 aromatic heterocycles. The van der Waals surface area contributed by atoms with Gasteiger partial charge in [-0.05, 0) is 46.6 Å². The largest absolute Gasteiger partial charge is 0.349 e. The molecule has 2 aliphatic heterocycles. The first-order valence-corrected chi connectivity index (χ1v) is 10.8. The molecule has 0 amide bonds. The molecule has 158 valence electrons. The minimum Gasteiger partial charge on any atom is -0.349 e. The summed E-state index contributed by atoms with van der Waals surface area (Å²) in [7, 11) is 0. The maximum absolute atomic E-state index is 6.54. The van der Waals surface area contributed by atoms with E-state index in [1.54, 1.807) is 0 Å². The van der Waals surface area contributed by atoms with Gasteiger partial charge < -0.3 is 9.47 Å². The molecule has 3 rings (SSSR count). The monoisotopic (exact) mass is 389 g/mol. The Labute approximate surface area is 171 Å². The minimum atomic E-state index is -0.518. The summed E-state index contributed by atoms with van der Waals surface area (Å²) in [5.74, 6) is -0.518. The fourth-order valence-electron chi connectivity index (χ4n) is 5.22. The zero-order valence-electron chi connectivity index (χ0n) is 18.9. The van der Waals surface area contributed by atoms with Gasteiger partial charge >= 0.3 is 0 Å². The summed E-state index contributed by atoms with van der Waals surface area (Å²) in [5.41, 5.74) is 0.908. The van der Waals surface area contributed by atoms with Gasteiger partial charge in [-0.3, -0.25) is 4.84 Å². The lowest BCUT2D eigenvalue weighted by Gasteiger charge is -2.59. The zero-order chi connectivity index (χ0) is 20.6. The van der Waals surface area contributed by atoms with Crippen molar-refractivity contribution in [3.63, 3.8) is 0 Å². The van der Waals surface area contributed by atoms with E-state index < -0.39 is 5.79 Å². The number of hydroxylamine groups is 2. The zero-order valence-corrected chi connectivity index (χ0v) is 18.9. The second-order valence-electron chi connectivity index (χ2n) is 10.5. The number of ether oxygens (including phenoxy) is 2. The van der Waals surface area contributed by atoms with Crippen molar-refractivity contribution in [2.24, 2.45) is 5.41 Å². The van der Waals surface area contributed by atoms with Crippen LogP contribution in [0.1, 0.15) is 85.8 Å². The van der Waals surface area contributed by atoms with Crippen LogP contribution in [0, 0.1) is 5.41 Å². The van der Waals surface area contributed by atoms with Crippen molar-refractivity contribution in [1.29, 1.82) is 0 Å². The van der Waals surface area contributed by atoms with Crippen molar-refractivity contribution in [3.05, 3.63) is 35.9 Å². The Morgan fingerprint density at radius 2 is 1.50 bits per heavy atom. The number of rotatable bonds is 5. The molecule has 2 heterocycles. The van der Waals surface area contributed by atoms with Crippen LogP contribution in [0.2, 0.25) is 0 Å². The summed E-state index contributed by atoms with van der Waals surface area (Å²) < 4.78 is 13.0. The highest BCUT2D eigenvalue weighted by atomic mass is 16.7. The second kappa shape index (κ2) is 7.71. The lowest BCUT2D eigenvalue weighted by Crippen LogP contribution is -2.68. The average Bonchev–Trinajstić information content (AvgIpc) is 2.61. The molecule has 1 aromatic rings. The summed E-state index contributed by atoms with van der Waals surface area (Å²) in [6, 6.07) is 10.4. The number of piperidine rings is 1. The Morgan fingerprint density at radius 3 is 2.00 bits per heavy atom. The Bertz CT molecular complexity index is 627. The van der Waals surface area contributed by atoms with E-state index in [9.17, 15) is 0 Å². The molecule has 4 heteroatoms. The van der Waals surface area contributed by atoms with Gasteiger partial charge in [0.05, 0.1) is 13.2 Å². The molecular formula is C24H39NO3. The summed E-state index contributed by atoms with van der Waals surface area (Å²) >= 11 is 0. The van der Waals surface area contributed by atoms with Crippen LogP contribution < -0.4 is 0 Å². The van der Waals surface area contributed by atoms with Gasteiger partial charge in [0.1, 0.15) is 6.10 Å². The summed E-state index contributed by atoms with van der Waals surface area (Å²) in [5, 5.41) is 2.19.